The largest absolute Gasteiger partial charge is 0.352 e. The lowest BCUT2D eigenvalue weighted by Gasteiger charge is -2.34. The topological polar surface area (TPSA) is 86.8 Å². The minimum atomic E-state index is -4.15. The number of rotatable bonds is 13. The third-order valence-electron chi connectivity index (χ3n) is 8.66. The van der Waals surface area contributed by atoms with Crippen molar-refractivity contribution in [2.45, 2.75) is 74.4 Å². The van der Waals surface area contributed by atoms with Gasteiger partial charge in [-0.1, -0.05) is 90.7 Å². The monoisotopic (exact) mass is 669 g/mol. The number of sulfonamides is 1. The van der Waals surface area contributed by atoms with E-state index in [0.717, 1.165) is 52.8 Å². The number of amides is 2. The Hall–Kier alpha value is -4.08. The van der Waals surface area contributed by atoms with Crippen molar-refractivity contribution in [3.63, 3.8) is 0 Å². The highest BCUT2D eigenvalue weighted by Gasteiger charge is 2.35. The van der Waals surface area contributed by atoms with E-state index in [1.165, 1.54) is 16.1 Å². The molecule has 4 aromatic carbocycles. The van der Waals surface area contributed by atoms with Crippen molar-refractivity contribution in [3.05, 3.63) is 125 Å². The molecule has 0 saturated heterocycles. The Morgan fingerprint density at radius 3 is 2.13 bits per heavy atom. The van der Waals surface area contributed by atoms with Crippen molar-refractivity contribution in [2.75, 3.05) is 17.1 Å². The van der Waals surface area contributed by atoms with Crippen molar-refractivity contribution in [1.29, 1.82) is 0 Å². The van der Waals surface area contributed by atoms with E-state index in [1.807, 2.05) is 86.8 Å². The van der Waals surface area contributed by atoms with Gasteiger partial charge >= 0.3 is 0 Å². The van der Waals surface area contributed by atoms with E-state index in [9.17, 15) is 18.0 Å². The molecule has 0 unspecified atom stereocenters. The first kappa shape index (κ1) is 34.3. The number of nitrogens with one attached hydrogen (secondary N) is 1. The minimum absolute atomic E-state index is 0.0605. The van der Waals surface area contributed by atoms with E-state index in [-0.39, 0.29) is 23.4 Å². The van der Waals surface area contributed by atoms with Gasteiger partial charge in [0.15, 0.2) is 0 Å². The Bertz CT molecular complexity index is 1760. The highest BCUT2D eigenvalue weighted by atomic mass is 32.2. The number of thioether (sulfide) groups is 1. The number of carbonyl (C=O) groups is 2. The molecule has 1 aliphatic rings. The lowest BCUT2D eigenvalue weighted by atomic mass is 10.0. The first-order valence-corrected chi connectivity index (χ1v) is 18.7. The maximum absolute atomic E-state index is 14.7. The Labute approximate surface area is 283 Å². The van der Waals surface area contributed by atoms with E-state index >= 15 is 0 Å². The molecule has 1 fully saturated rings. The number of benzene rings is 4. The van der Waals surface area contributed by atoms with Gasteiger partial charge in [0, 0.05) is 23.9 Å². The summed E-state index contributed by atoms with van der Waals surface area (Å²) in [5.41, 5.74) is 4.15. The van der Waals surface area contributed by atoms with E-state index < -0.39 is 28.5 Å². The number of carbonyl (C=O) groups excluding carboxylic acids is 2. The SMILES string of the molecule is CSc1ccc(S(=O)(=O)N(CC(=O)N(Cc2cccc(C)c2)[C@@H](Cc2ccccc2)C(=O)NC2CCCC2)c2ccc(C)cc2)cc1. The van der Waals surface area contributed by atoms with E-state index in [4.69, 9.17) is 0 Å². The van der Waals surface area contributed by atoms with Gasteiger partial charge < -0.3 is 10.2 Å². The van der Waals surface area contributed by atoms with Crippen LogP contribution in [0.3, 0.4) is 0 Å². The molecule has 0 aromatic heterocycles. The molecule has 4 aromatic rings. The van der Waals surface area contributed by atoms with E-state index in [0.29, 0.717) is 12.1 Å². The molecule has 1 N–H and O–H groups in total. The lowest BCUT2D eigenvalue weighted by Crippen LogP contribution is -2.54. The molecule has 0 aliphatic heterocycles. The fourth-order valence-corrected chi connectivity index (χ4v) is 7.87. The molecule has 7 nitrogen and oxygen atoms in total. The molecule has 5 rings (SSSR count). The van der Waals surface area contributed by atoms with Crippen LogP contribution in [0.1, 0.15) is 47.9 Å². The number of hydrogen-bond donors (Lipinski definition) is 1. The number of nitrogens with zero attached hydrogens (tertiary/aromatic N) is 2. The second-order valence-corrected chi connectivity index (χ2v) is 15.0. The summed E-state index contributed by atoms with van der Waals surface area (Å²) >= 11 is 1.52. The average molecular weight is 670 g/mol. The van der Waals surface area contributed by atoms with Gasteiger partial charge in [-0.3, -0.25) is 13.9 Å². The van der Waals surface area contributed by atoms with Gasteiger partial charge in [0.1, 0.15) is 12.6 Å². The molecule has 9 heteroatoms. The van der Waals surface area contributed by atoms with Gasteiger partial charge in [0.25, 0.3) is 10.0 Å². The standard InChI is InChI=1S/C38H43N3O4S2/c1-28-16-18-33(19-17-28)41(47(44,45)35-22-20-34(46-3)21-23-35)27-37(42)40(26-31-13-9-10-29(2)24-31)36(25-30-11-5-4-6-12-30)38(43)39-32-14-7-8-15-32/h4-6,9-13,16-24,32,36H,7-8,14-15,25-27H2,1-3H3,(H,39,43)/t36-/m0/s1. The number of aryl methyl sites for hydroxylation is 2. The normalized spacial score (nSPS) is 14.0. The maximum atomic E-state index is 14.7. The van der Waals surface area contributed by atoms with Crippen LogP contribution < -0.4 is 9.62 Å². The number of anilines is 1. The fraction of sp³-hybridized carbons (Fsp3) is 0.316. The van der Waals surface area contributed by atoms with Crippen molar-refractivity contribution in [2.24, 2.45) is 0 Å². The zero-order valence-corrected chi connectivity index (χ0v) is 28.9. The van der Waals surface area contributed by atoms with Crippen LogP contribution in [0, 0.1) is 13.8 Å². The Kier molecular flexibility index (Phi) is 11.4. The molecule has 47 heavy (non-hydrogen) atoms. The summed E-state index contributed by atoms with van der Waals surface area (Å²) in [6.07, 6.45) is 6.15. The van der Waals surface area contributed by atoms with E-state index in [1.54, 1.807) is 41.3 Å². The molecule has 0 radical (unpaired) electrons. The van der Waals surface area contributed by atoms with Crippen LogP contribution in [0.4, 0.5) is 5.69 Å². The molecule has 0 bridgehead atoms. The predicted molar refractivity (Wildman–Crippen MR) is 190 cm³/mol. The van der Waals surface area contributed by atoms with Crippen LogP contribution in [0.2, 0.25) is 0 Å². The first-order valence-electron chi connectivity index (χ1n) is 16.1. The molecule has 1 saturated carbocycles. The number of hydrogen-bond acceptors (Lipinski definition) is 5. The fourth-order valence-electron chi connectivity index (χ4n) is 6.04. The van der Waals surface area contributed by atoms with Gasteiger partial charge in [-0.2, -0.15) is 0 Å². The van der Waals surface area contributed by atoms with Crippen molar-refractivity contribution in [1.82, 2.24) is 10.2 Å². The van der Waals surface area contributed by atoms with Crippen LogP contribution >= 0.6 is 11.8 Å². The molecule has 0 heterocycles. The summed E-state index contributed by atoms with van der Waals surface area (Å²) < 4.78 is 29.7. The third kappa shape index (κ3) is 8.84. The summed E-state index contributed by atoms with van der Waals surface area (Å²) in [5.74, 6) is -0.682. The zero-order valence-electron chi connectivity index (χ0n) is 27.3. The van der Waals surface area contributed by atoms with Crippen LogP contribution in [0.5, 0.6) is 0 Å². The summed E-state index contributed by atoms with van der Waals surface area (Å²) in [6, 6.07) is 30.5. The van der Waals surface area contributed by atoms with Gasteiger partial charge in [0.2, 0.25) is 11.8 Å². The van der Waals surface area contributed by atoms with Crippen LogP contribution in [-0.4, -0.2) is 50.0 Å². The van der Waals surface area contributed by atoms with Crippen LogP contribution in [-0.2, 0) is 32.6 Å². The summed E-state index contributed by atoms with van der Waals surface area (Å²) in [6.45, 7) is 3.59. The second-order valence-electron chi connectivity index (χ2n) is 12.2. The van der Waals surface area contributed by atoms with Crippen LogP contribution in [0.15, 0.2) is 113 Å². The smallest absolute Gasteiger partial charge is 0.264 e. The van der Waals surface area contributed by atoms with Gasteiger partial charge in [-0.25, -0.2) is 8.42 Å². The molecule has 1 aliphatic carbocycles. The second kappa shape index (κ2) is 15.7. The summed E-state index contributed by atoms with van der Waals surface area (Å²) in [4.78, 5) is 31.4. The minimum Gasteiger partial charge on any atom is -0.352 e. The predicted octanol–water partition coefficient (Wildman–Crippen LogP) is 6.92. The molecular weight excluding hydrogens is 627 g/mol. The van der Waals surface area contributed by atoms with Crippen LogP contribution in [0.25, 0.3) is 0 Å². The third-order valence-corrected chi connectivity index (χ3v) is 11.2. The van der Waals surface area contributed by atoms with Crippen molar-refractivity contribution >= 4 is 39.3 Å². The Morgan fingerprint density at radius 1 is 0.830 bits per heavy atom. The maximum Gasteiger partial charge on any atom is 0.264 e. The van der Waals surface area contributed by atoms with Gasteiger partial charge in [-0.15, -0.1) is 11.8 Å². The summed E-state index contributed by atoms with van der Waals surface area (Å²) in [5, 5.41) is 3.22. The molecular formula is C38H43N3O4S2. The summed E-state index contributed by atoms with van der Waals surface area (Å²) in [7, 11) is -4.15. The van der Waals surface area contributed by atoms with Crippen molar-refractivity contribution < 1.29 is 18.0 Å². The van der Waals surface area contributed by atoms with Gasteiger partial charge in [-0.05, 0) is 80.5 Å². The average Bonchev–Trinajstić information content (AvgIpc) is 3.59. The van der Waals surface area contributed by atoms with Crippen molar-refractivity contribution in [3.8, 4) is 0 Å². The quantitative estimate of drug-likeness (QED) is 0.156. The molecule has 1 atom stereocenters. The lowest BCUT2D eigenvalue weighted by molar-refractivity contribution is -0.140. The van der Waals surface area contributed by atoms with E-state index in [2.05, 4.69) is 5.32 Å². The highest BCUT2D eigenvalue weighted by molar-refractivity contribution is 7.98. The Morgan fingerprint density at radius 2 is 1.49 bits per heavy atom. The highest BCUT2D eigenvalue weighted by Crippen LogP contribution is 2.27. The Balaban J connectivity index is 1.56. The molecule has 2 amide bonds. The molecule has 0 spiro atoms. The first-order chi connectivity index (χ1) is 22.6. The van der Waals surface area contributed by atoms with Gasteiger partial charge in [0.05, 0.1) is 10.6 Å². The molecule has 246 valence electrons. The zero-order chi connectivity index (χ0) is 33.4.